The van der Waals surface area contributed by atoms with Crippen LogP contribution < -0.4 is 11.1 Å². The second-order valence-electron chi connectivity index (χ2n) is 1.64. The van der Waals surface area contributed by atoms with Crippen molar-refractivity contribution in [2.75, 3.05) is 20.3 Å². The lowest BCUT2D eigenvalue weighted by molar-refractivity contribution is 0.194. The minimum absolute atomic E-state index is 0.480. The van der Waals surface area contributed by atoms with Crippen LogP contribution in [-0.2, 0) is 4.74 Å². The first-order valence-corrected chi connectivity index (χ1v) is 3.79. The summed E-state index contributed by atoms with van der Waals surface area (Å²) < 4.78 is 4.73. The van der Waals surface area contributed by atoms with Crippen LogP contribution in [0.15, 0.2) is 0 Å². The number of nitrogens with two attached hydrogens (primary N) is 1. The number of carbonyl (C=O) groups is 1. The third kappa shape index (κ3) is 17.6. The predicted molar refractivity (Wildman–Crippen MR) is 45.4 cm³/mol. The maximum atomic E-state index is 10.0. The van der Waals surface area contributed by atoms with E-state index in [1.54, 1.807) is 7.11 Å². The van der Waals surface area contributed by atoms with Crippen molar-refractivity contribution < 1.29 is 9.53 Å². The molecule has 4 heteroatoms. The summed E-state index contributed by atoms with van der Waals surface area (Å²) >= 11 is 0. The smallest absolute Gasteiger partial charge is 0.312 e. The van der Waals surface area contributed by atoms with E-state index in [-0.39, 0.29) is 0 Å². The van der Waals surface area contributed by atoms with Gasteiger partial charge in [0.05, 0.1) is 0 Å². The molecule has 11 heavy (non-hydrogen) atoms. The number of urea groups is 1. The highest BCUT2D eigenvalue weighted by Gasteiger charge is 1.88. The number of primary amides is 1. The Hall–Kier alpha value is -0.770. The summed E-state index contributed by atoms with van der Waals surface area (Å²) in [4.78, 5) is 10.0. The fourth-order valence-electron chi connectivity index (χ4n) is 0.428. The quantitative estimate of drug-likeness (QED) is 0.598. The van der Waals surface area contributed by atoms with E-state index < -0.39 is 6.03 Å². The number of nitrogens with one attached hydrogen (secondary N) is 1. The van der Waals surface area contributed by atoms with Crippen molar-refractivity contribution in [1.82, 2.24) is 5.32 Å². The van der Waals surface area contributed by atoms with Crippen molar-refractivity contribution in [3.8, 4) is 0 Å². The van der Waals surface area contributed by atoms with E-state index >= 15 is 0 Å². The van der Waals surface area contributed by atoms with Crippen molar-refractivity contribution in [2.45, 2.75) is 20.3 Å². The standard InChI is InChI=1S/C5H12N2O2.C2H6/c1-9-4-2-3-7-5(6)8;1-2/h2-4H2,1H3,(H3,6,7,8);1-2H3. The number of carbonyl (C=O) groups excluding carboxylic acids is 1. The average molecular weight is 162 g/mol. The number of hydrogen-bond donors (Lipinski definition) is 2. The molecule has 0 heterocycles. The Balaban J connectivity index is 0. The van der Waals surface area contributed by atoms with Crippen LogP contribution in [-0.4, -0.2) is 26.3 Å². The summed E-state index contributed by atoms with van der Waals surface area (Å²) in [5, 5.41) is 2.44. The van der Waals surface area contributed by atoms with E-state index in [9.17, 15) is 4.79 Å². The van der Waals surface area contributed by atoms with Crippen LogP contribution in [0, 0.1) is 0 Å². The molecule has 0 aromatic carbocycles. The molecule has 68 valence electrons. The summed E-state index contributed by atoms with van der Waals surface area (Å²) in [5.41, 5.74) is 4.78. The monoisotopic (exact) mass is 162 g/mol. The van der Waals surface area contributed by atoms with Crippen LogP contribution in [0.1, 0.15) is 20.3 Å². The molecule has 0 aliphatic rings. The van der Waals surface area contributed by atoms with E-state index in [1.807, 2.05) is 13.8 Å². The number of rotatable bonds is 4. The lowest BCUT2D eigenvalue weighted by Crippen LogP contribution is -2.30. The fourth-order valence-corrected chi connectivity index (χ4v) is 0.428. The Morgan fingerprint density at radius 1 is 1.55 bits per heavy atom. The van der Waals surface area contributed by atoms with Gasteiger partial charge in [0.25, 0.3) is 0 Å². The Bertz CT molecular complexity index is 86.5. The Labute approximate surface area is 68.1 Å². The van der Waals surface area contributed by atoms with E-state index in [0.717, 1.165) is 6.42 Å². The van der Waals surface area contributed by atoms with Crippen LogP contribution in [0.4, 0.5) is 4.79 Å². The van der Waals surface area contributed by atoms with Crippen LogP contribution in [0.2, 0.25) is 0 Å². The van der Waals surface area contributed by atoms with Gasteiger partial charge in [0.2, 0.25) is 0 Å². The van der Waals surface area contributed by atoms with Gasteiger partial charge < -0.3 is 15.8 Å². The first-order valence-electron chi connectivity index (χ1n) is 3.79. The highest BCUT2D eigenvalue weighted by Crippen LogP contribution is 1.75. The molecular formula is C7H18N2O2. The molecule has 3 N–H and O–H groups in total. The fraction of sp³-hybridized carbons (Fsp3) is 0.857. The van der Waals surface area contributed by atoms with Gasteiger partial charge in [0, 0.05) is 20.3 Å². The van der Waals surface area contributed by atoms with Gasteiger partial charge in [0.15, 0.2) is 0 Å². The van der Waals surface area contributed by atoms with Gasteiger partial charge in [-0.1, -0.05) is 13.8 Å². The highest BCUT2D eigenvalue weighted by atomic mass is 16.5. The highest BCUT2D eigenvalue weighted by molar-refractivity contribution is 5.71. The van der Waals surface area contributed by atoms with Gasteiger partial charge in [-0.25, -0.2) is 4.79 Å². The van der Waals surface area contributed by atoms with E-state index in [1.165, 1.54) is 0 Å². The largest absolute Gasteiger partial charge is 0.385 e. The zero-order valence-electron chi connectivity index (χ0n) is 7.52. The van der Waals surface area contributed by atoms with Gasteiger partial charge in [-0.15, -0.1) is 0 Å². The molecule has 0 atom stereocenters. The minimum Gasteiger partial charge on any atom is -0.385 e. The normalized spacial score (nSPS) is 7.91. The van der Waals surface area contributed by atoms with Crippen LogP contribution in [0.5, 0.6) is 0 Å². The first-order chi connectivity index (χ1) is 5.27. The molecule has 0 aliphatic heterocycles. The molecule has 2 amide bonds. The topological polar surface area (TPSA) is 64.3 Å². The van der Waals surface area contributed by atoms with Crippen molar-refractivity contribution in [3.63, 3.8) is 0 Å². The van der Waals surface area contributed by atoms with E-state index in [0.29, 0.717) is 13.2 Å². The Kier molecular flexibility index (Phi) is 14.0. The van der Waals surface area contributed by atoms with E-state index in [4.69, 9.17) is 10.5 Å². The summed E-state index contributed by atoms with van der Waals surface area (Å²) in [5.74, 6) is 0. The molecule has 0 aliphatic carbocycles. The van der Waals surface area contributed by atoms with Gasteiger partial charge in [0.1, 0.15) is 0 Å². The molecule has 0 spiro atoms. The number of methoxy groups -OCH3 is 1. The summed E-state index contributed by atoms with van der Waals surface area (Å²) in [7, 11) is 1.62. The van der Waals surface area contributed by atoms with Gasteiger partial charge in [-0.05, 0) is 6.42 Å². The summed E-state index contributed by atoms with van der Waals surface area (Å²) in [6.07, 6.45) is 0.805. The van der Waals surface area contributed by atoms with Crippen molar-refractivity contribution in [1.29, 1.82) is 0 Å². The predicted octanol–water partition coefficient (Wildman–Crippen LogP) is 0.717. The number of amides is 2. The van der Waals surface area contributed by atoms with Gasteiger partial charge in [-0.3, -0.25) is 0 Å². The second kappa shape index (κ2) is 12.0. The molecule has 4 nitrogen and oxygen atoms in total. The average Bonchev–Trinajstić information content (AvgIpc) is 2.02. The molecule has 0 saturated heterocycles. The van der Waals surface area contributed by atoms with Crippen LogP contribution in [0.25, 0.3) is 0 Å². The molecule has 0 unspecified atom stereocenters. The zero-order valence-corrected chi connectivity index (χ0v) is 7.52. The molecule has 0 aromatic heterocycles. The van der Waals surface area contributed by atoms with E-state index in [2.05, 4.69) is 5.32 Å². The van der Waals surface area contributed by atoms with Crippen LogP contribution >= 0.6 is 0 Å². The Morgan fingerprint density at radius 3 is 2.45 bits per heavy atom. The Morgan fingerprint density at radius 2 is 2.09 bits per heavy atom. The van der Waals surface area contributed by atoms with Gasteiger partial charge >= 0.3 is 6.03 Å². The van der Waals surface area contributed by atoms with Crippen molar-refractivity contribution in [2.24, 2.45) is 5.73 Å². The second-order valence-corrected chi connectivity index (χ2v) is 1.64. The number of hydrogen-bond acceptors (Lipinski definition) is 2. The van der Waals surface area contributed by atoms with Crippen LogP contribution in [0.3, 0.4) is 0 Å². The maximum Gasteiger partial charge on any atom is 0.312 e. The van der Waals surface area contributed by atoms with Gasteiger partial charge in [-0.2, -0.15) is 0 Å². The lowest BCUT2D eigenvalue weighted by Gasteiger charge is -1.98. The third-order valence-corrected chi connectivity index (χ3v) is 0.824. The molecule has 0 aromatic rings. The molecule has 0 radical (unpaired) electrons. The summed E-state index contributed by atoms with van der Waals surface area (Å²) in [6.45, 7) is 5.24. The minimum atomic E-state index is -0.480. The van der Waals surface area contributed by atoms with Crippen molar-refractivity contribution in [3.05, 3.63) is 0 Å². The SMILES string of the molecule is CC.COCCCNC(N)=O. The van der Waals surface area contributed by atoms with Crippen molar-refractivity contribution >= 4 is 6.03 Å². The molecule has 0 saturated carbocycles. The molecule has 0 rings (SSSR count). The molecule has 0 fully saturated rings. The molecule has 0 bridgehead atoms. The maximum absolute atomic E-state index is 10.0. The number of ether oxygens (including phenoxy) is 1. The molecular weight excluding hydrogens is 144 g/mol. The summed E-state index contributed by atoms with van der Waals surface area (Å²) in [6, 6.07) is -0.480. The zero-order chi connectivity index (χ0) is 9.11. The lowest BCUT2D eigenvalue weighted by atomic mass is 10.4. The third-order valence-electron chi connectivity index (χ3n) is 0.824. The first kappa shape index (κ1) is 12.9.